The topological polar surface area (TPSA) is 59.2 Å². The van der Waals surface area contributed by atoms with Crippen LogP contribution in [-0.2, 0) is 4.79 Å². The minimum atomic E-state index is -0.443. The van der Waals surface area contributed by atoms with Gasteiger partial charge >= 0.3 is 0 Å². The average molecular weight is 193 g/mol. The molecule has 1 amide bonds. The largest absolute Gasteiger partial charge is 0.320 e. The second-order valence-electron chi connectivity index (χ2n) is 3.10. The summed E-state index contributed by atoms with van der Waals surface area (Å²) in [6, 6.07) is 4.98. The Morgan fingerprint density at radius 3 is 2.86 bits per heavy atom. The first-order chi connectivity index (χ1) is 6.66. The Morgan fingerprint density at radius 2 is 2.36 bits per heavy atom. The summed E-state index contributed by atoms with van der Waals surface area (Å²) in [5, 5.41) is 0. The molecule has 0 aliphatic rings. The Morgan fingerprint density at radius 1 is 1.64 bits per heavy atom. The van der Waals surface area contributed by atoms with Gasteiger partial charge in [0.1, 0.15) is 5.82 Å². The molecule has 1 unspecified atom stereocenters. The lowest BCUT2D eigenvalue weighted by molar-refractivity contribution is -0.119. The third-order valence-corrected chi connectivity index (χ3v) is 2.08. The predicted octanol–water partition coefficient (Wildman–Crippen LogP) is 0.782. The Hall–Kier alpha value is -1.42. The Kier molecular flexibility index (Phi) is 3.59. The van der Waals surface area contributed by atoms with Gasteiger partial charge in [-0.05, 0) is 18.6 Å². The fraction of sp³-hybridized carbons (Fsp3) is 0.400. The average Bonchev–Trinajstić information content (AvgIpc) is 2.27. The SMILES string of the molecule is CCC(N)C(=O)N(C)c1ccccn1. The van der Waals surface area contributed by atoms with Crippen molar-refractivity contribution in [1.29, 1.82) is 0 Å². The van der Waals surface area contributed by atoms with Crippen molar-refractivity contribution >= 4 is 11.7 Å². The van der Waals surface area contributed by atoms with Gasteiger partial charge in [-0.2, -0.15) is 0 Å². The van der Waals surface area contributed by atoms with E-state index in [9.17, 15) is 4.79 Å². The van der Waals surface area contributed by atoms with Crippen LogP contribution >= 0.6 is 0 Å². The summed E-state index contributed by atoms with van der Waals surface area (Å²) in [6.07, 6.45) is 2.28. The van der Waals surface area contributed by atoms with Gasteiger partial charge in [-0.25, -0.2) is 4.98 Å². The molecule has 0 radical (unpaired) electrons. The quantitative estimate of drug-likeness (QED) is 0.771. The first kappa shape index (κ1) is 10.7. The van der Waals surface area contributed by atoms with E-state index in [0.29, 0.717) is 12.2 Å². The number of nitrogens with zero attached hydrogens (tertiary/aromatic N) is 2. The molecule has 0 spiro atoms. The molecule has 1 aromatic rings. The minimum Gasteiger partial charge on any atom is -0.320 e. The fourth-order valence-electron chi connectivity index (χ4n) is 1.09. The summed E-state index contributed by atoms with van der Waals surface area (Å²) in [7, 11) is 1.68. The van der Waals surface area contributed by atoms with Crippen LogP contribution in [-0.4, -0.2) is 24.0 Å². The predicted molar refractivity (Wildman–Crippen MR) is 55.9 cm³/mol. The molecule has 1 aromatic heterocycles. The van der Waals surface area contributed by atoms with Crippen LogP contribution in [0.2, 0.25) is 0 Å². The van der Waals surface area contributed by atoms with Crippen molar-refractivity contribution in [2.24, 2.45) is 5.73 Å². The zero-order valence-electron chi connectivity index (χ0n) is 8.47. The number of aromatic nitrogens is 1. The fourth-order valence-corrected chi connectivity index (χ4v) is 1.09. The van der Waals surface area contributed by atoms with Gasteiger partial charge in [0.15, 0.2) is 0 Å². The highest BCUT2D eigenvalue weighted by Crippen LogP contribution is 2.08. The van der Waals surface area contributed by atoms with Crippen molar-refractivity contribution in [1.82, 2.24) is 4.98 Å². The molecular formula is C10H15N3O. The Balaban J connectivity index is 2.76. The van der Waals surface area contributed by atoms with Gasteiger partial charge in [-0.15, -0.1) is 0 Å². The third-order valence-electron chi connectivity index (χ3n) is 2.08. The highest BCUT2D eigenvalue weighted by Gasteiger charge is 2.17. The molecule has 0 aromatic carbocycles. The van der Waals surface area contributed by atoms with E-state index >= 15 is 0 Å². The molecule has 76 valence electrons. The number of rotatable bonds is 3. The Labute approximate surface area is 83.7 Å². The molecule has 0 fully saturated rings. The molecule has 0 bridgehead atoms. The molecule has 2 N–H and O–H groups in total. The number of likely N-dealkylation sites (N-methyl/N-ethyl adjacent to an activating group) is 1. The third kappa shape index (κ3) is 2.29. The van der Waals surface area contributed by atoms with Crippen molar-refractivity contribution < 1.29 is 4.79 Å². The smallest absolute Gasteiger partial charge is 0.244 e. The van der Waals surface area contributed by atoms with E-state index in [1.54, 1.807) is 19.3 Å². The van der Waals surface area contributed by atoms with Crippen molar-refractivity contribution in [3.63, 3.8) is 0 Å². The van der Waals surface area contributed by atoms with Crippen LogP contribution in [0.5, 0.6) is 0 Å². The first-order valence-electron chi connectivity index (χ1n) is 4.61. The number of amides is 1. The lowest BCUT2D eigenvalue weighted by Gasteiger charge is -2.19. The van der Waals surface area contributed by atoms with Crippen LogP contribution in [0.25, 0.3) is 0 Å². The van der Waals surface area contributed by atoms with Gasteiger partial charge in [0.05, 0.1) is 6.04 Å². The van der Waals surface area contributed by atoms with E-state index in [0.717, 1.165) is 0 Å². The van der Waals surface area contributed by atoms with Crippen LogP contribution in [0.4, 0.5) is 5.82 Å². The second-order valence-corrected chi connectivity index (χ2v) is 3.10. The number of nitrogens with two attached hydrogens (primary N) is 1. The van der Waals surface area contributed by atoms with Crippen LogP contribution in [0.15, 0.2) is 24.4 Å². The van der Waals surface area contributed by atoms with E-state index in [1.807, 2.05) is 19.1 Å². The molecular weight excluding hydrogens is 178 g/mol. The molecule has 0 aliphatic heterocycles. The maximum Gasteiger partial charge on any atom is 0.244 e. The van der Waals surface area contributed by atoms with E-state index in [2.05, 4.69) is 4.98 Å². The highest BCUT2D eigenvalue weighted by molar-refractivity contribution is 5.95. The van der Waals surface area contributed by atoms with E-state index in [1.165, 1.54) is 4.90 Å². The maximum atomic E-state index is 11.6. The van der Waals surface area contributed by atoms with Crippen LogP contribution in [0.3, 0.4) is 0 Å². The van der Waals surface area contributed by atoms with Gasteiger partial charge in [-0.3, -0.25) is 9.69 Å². The number of carbonyl (C=O) groups is 1. The summed E-state index contributed by atoms with van der Waals surface area (Å²) in [5.74, 6) is 0.521. The lowest BCUT2D eigenvalue weighted by atomic mass is 10.2. The second kappa shape index (κ2) is 4.72. The molecule has 1 heterocycles. The van der Waals surface area contributed by atoms with Crippen molar-refractivity contribution in [2.45, 2.75) is 19.4 Å². The number of pyridine rings is 1. The molecule has 0 saturated carbocycles. The Bertz CT molecular complexity index is 299. The lowest BCUT2D eigenvalue weighted by Crippen LogP contribution is -2.41. The summed E-state index contributed by atoms with van der Waals surface area (Å²) < 4.78 is 0. The number of carbonyl (C=O) groups excluding carboxylic acids is 1. The normalized spacial score (nSPS) is 12.2. The molecule has 4 nitrogen and oxygen atoms in total. The van der Waals surface area contributed by atoms with Gasteiger partial charge in [0.2, 0.25) is 5.91 Å². The number of hydrogen-bond acceptors (Lipinski definition) is 3. The molecule has 0 saturated heterocycles. The summed E-state index contributed by atoms with van der Waals surface area (Å²) in [6.45, 7) is 1.88. The molecule has 0 aliphatic carbocycles. The monoisotopic (exact) mass is 193 g/mol. The molecule has 1 atom stereocenters. The zero-order valence-corrected chi connectivity index (χ0v) is 8.47. The zero-order chi connectivity index (χ0) is 10.6. The molecule has 1 rings (SSSR count). The highest BCUT2D eigenvalue weighted by atomic mass is 16.2. The van der Waals surface area contributed by atoms with E-state index < -0.39 is 6.04 Å². The maximum absolute atomic E-state index is 11.6. The number of hydrogen-bond donors (Lipinski definition) is 1. The summed E-state index contributed by atoms with van der Waals surface area (Å²) in [4.78, 5) is 17.2. The van der Waals surface area contributed by atoms with E-state index in [-0.39, 0.29) is 5.91 Å². The molecule has 14 heavy (non-hydrogen) atoms. The van der Waals surface area contributed by atoms with Gasteiger partial charge < -0.3 is 5.73 Å². The first-order valence-corrected chi connectivity index (χ1v) is 4.61. The van der Waals surface area contributed by atoms with E-state index in [4.69, 9.17) is 5.73 Å². The molecule has 4 heteroatoms. The van der Waals surface area contributed by atoms with Crippen LogP contribution in [0, 0.1) is 0 Å². The summed E-state index contributed by atoms with van der Waals surface area (Å²) >= 11 is 0. The van der Waals surface area contributed by atoms with Crippen molar-refractivity contribution in [3.05, 3.63) is 24.4 Å². The van der Waals surface area contributed by atoms with Crippen molar-refractivity contribution in [2.75, 3.05) is 11.9 Å². The van der Waals surface area contributed by atoms with Crippen molar-refractivity contribution in [3.8, 4) is 0 Å². The van der Waals surface area contributed by atoms with Gasteiger partial charge in [0.25, 0.3) is 0 Å². The van der Waals surface area contributed by atoms with Gasteiger partial charge in [0, 0.05) is 13.2 Å². The summed E-state index contributed by atoms with van der Waals surface area (Å²) in [5.41, 5.74) is 5.64. The minimum absolute atomic E-state index is 0.105. The van der Waals surface area contributed by atoms with Crippen LogP contribution in [0.1, 0.15) is 13.3 Å². The van der Waals surface area contributed by atoms with Gasteiger partial charge in [-0.1, -0.05) is 13.0 Å². The number of anilines is 1. The van der Waals surface area contributed by atoms with Crippen LogP contribution < -0.4 is 10.6 Å². The standard InChI is InChI=1S/C10H15N3O/c1-3-8(11)10(14)13(2)9-6-4-5-7-12-9/h4-8H,3,11H2,1-2H3.